The molecule has 3 N–H and O–H groups in total. The lowest BCUT2D eigenvalue weighted by Crippen LogP contribution is -2.24. The smallest absolute Gasteiger partial charge is 0.280 e. The van der Waals surface area contributed by atoms with Gasteiger partial charge in [-0.25, -0.2) is 5.48 Å². The van der Waals surface area contributed by atoms with Crippen LogP contribution in [0.5, 0.6) is 0 Å². The fraction of sp³-hybridized carbons (Fsp3) is 0.500. The summed E-state index contributed by atoms with van der Waals surface area (Å²) >= 11 is 0. The van der Waals surface area contributed by atoms with Gasteiger partial charge in [-0.05, 0) is 13.8 Å². The van der Waals surface area contributed by atoms with Crippen LogP contribution in [0.25, 0.3) is 0 Å². The maximum Gasteiger partial charge on any atom is 0.280 e. The maximum atomic E-state index is 11.5. The number of hydrogen-bond donors (Lipinski definition) is 2. The number of nitrogens with two attached hydrogens (primary N) is 1. The van der Waals surface area contributed by atoms with Crippen LogP contribution in [-0.2, 0) is 11.9 Å². The molecule has 0 saturated heterocycles. The number of nitrogens with zero attached hydrogens (tertiary/aromatic N) is 2. The number of aryl methyl sites for hydroxylation is 2. The summed E-state index contributed by atoms with van der Waals surface area (Å²) in [5, 5.41) is 4.02. The molecule has 0 aliphatic rings. The van der Waals surface area contributed by atoms with Crippen LogP contribution < -0.4 is 11.2 Å². The lowest BCUT2D eigenvalue weighted by atomic mass is 10.2. The van der Waals surface area contributed by atoms with Gasteiger partial charge in [-0.3, -0.25) is 14.3 Å². The first-order chi connectivity index (χ1) is 6.57. The number of carbonyl (C=O) groups excluding carboxylic acids is 1. The number of anilines is 1. The molecule has 0 saturated carbocycles. The Morgan fingerprint density at radius 3 is 2.79 bits per heavy atom. The van der Waals surface area contributed by atoms with Gasteiger partial charge in [-0.15, -0.1) is 0 Å². The molecular weight excluding hydrogens is 184 g/mol. The SMILES string of the molecule is CCONC(=O)c1c(C)nn(C)c1N. The van der Waals surface area contributed by atoms with Crippen molar-refractivity contribution in [2.75, 3.05) is 12.3 Å². The number of rotatable bonds is 3. The average molecular weight is 198 g/mol. The number of aromatic nitrogens is 2. The number of carbonyl (C=O) groups is 1. The second-order valence-corrected chi connectivity index (χ2v) is 2.83. The van der Waals surface area contributed by atoms with Gasteiger partial charge in [0.15, 0.2) is 0 Å². The van der Waals surface area contributed by atoms with Crippen molar-refractivity contribution in [3.63, 3.8) is 0 Å². The zero-order valence-corrected chi connectivity index (χ0v) is 8.50. The molecule has 1 amide bonds. The van der Waals surface area contributed by atoms with E-state index >= 15 is 0 Å². The van der Waals surface area contributed by atoms with E-state index in [-0.39, 0.29) is 5.91 Å². The first-order valence-corrected chi connectivity index (χ1v) is 4.29. The third kappa shape index (κ3) is 1.85. The van der Waals surface area contributed by atoms with Gasteiger partial charge in [0, 0.05) is 7.05 Å². The molecule has 0 aliphatic heterocycles. The fourth-order valence-corrected chi connectivity index (χ4v) is 1.15. The van der Waals surface area contributed by atoms with E-state index < -0.39 is 0 Å². The highest BCUT2D eigenvalue weighted by Crippen LogP contribution is 2.14. The molecule has 0 aromatic carbocycles. The average Bonchev–Trinajstić information content (AvgIpc) is 2.38. The van der Waals surface area contributed by atoms with Crippen LogP contribution in [0, 0.1) is 6.92 Å². The van der Waals surface area contributed by atoms with E-state index in [1.807, 2.05) is 0 Å². The van der Waals surface area contributed by atoms with Crippen molar-refractivity contribution in [3.05, 3.63) is 11.3 Å². The molecule has 1 aromatic heterocycles. The van der Waals surface area contributed by atoms with Crippen molar-refractivity contribution in [1.82, 2.24) is 15.3 Å². The number of amides is 1. The molecule has 0 unspecified atom stereocenters. The van der Waals surface area contributed by atoms with Gasteiger partial charge in [0.2, 0.25) is 0 Å². The van der Waals surface area contributed by atoms with Gasteiger partial charge in [-0.2, -0.15) is 5.10 Å². The standard InChI is InChI=1S/C8H14N4O2/c1-4-14-11-8(13)6-5(2)10-12(3)7(6)9/h4,9H2,1-3H3,(H,11,13). The topological polar surface area (TPSA) is 82.2 Å². The summed E-state index contributed by atoms with van der Waals surface area (Å²) in [6.07, 6.45) is 0. The molecule has 0 atom stereocenters. The number of nitrogens with one attached hydrogen (secondary N) is 1. The Morgan fingerprint density at radius 2 is 2.36 bits per heavy atom. The molecule has 0 fully saturated rings. The van der Waals surface area contributed by atoms with E-state index in [0.717, 1.165) is 0 Å². The highest BCUT2D eigenvalue weighted by Gasteiger charge is 2.17. The summed E-state index contributed by atoms with van der Waals surface area (Å²) in [7, 11) is 1.68. The van der Waals surface area contributed by atoms with Crippen molar-refractivity contribution in [2.45, 2.75) is 13.8 Å². The lowest BCUT2D eigenvalue weighted by molar-refractivity contribution is 0.0365. The van der Waals surface area contributed by atoms with E-state index in [1.54, 1.807) is 20.9 Å². The van der Waals surface area contributed by atoms with Crippen LogP contribution in [0.2, 0.25) is 0 Å². The van der Waals surface area contributed by atoms with Gasteiger partial charge < -0.3 is 5.73 Å². The number of hydroxylamine groups is 1. The van der Waals surface area contributed by atoms with Crippen LogP contribution in [0.3, 0.4) is 0 Å². The van der Waals surface area contributed by atoms with E-state index in [9.17, 15) is 4.79 Å². The summed E-state index contributed by atoms with van der Waals surface area (Å²) in [5.74, 6) is -0.0327. The minimum absolute atomic E-state index is 0.333. The van der Waals surface area contributed by atoms with Crippen LogP contribution >= 0.6 is 0 Å². The number of hydrogen-bond acceptors (Lipinski definition) is 4. The second-order valence-electron chi connectivity index (χ2n) is 2.83. The lowest BCUT2D eigenvalue weighted by Gasteiger charge is -2.03. The molecule has 14 heavy (non-hydrogen) atoms. The molecule has 0 aliphatic carbocycles. The zero-order chi connectivity index (χ0) is 10.7. The van der Waals surface area contributed by atoms with Crippen molar-refractivity contribution in [1.29, 1.82) is 0 Å². The van der Waals surface area contributed by atoms with Crippen molar-refractivity contribution in [2.24, 2.45) is 7.05 Å². The van der Waals surface area contributed by atoms with E-state index in [2.05, 4.69) is 10.6 Å². The molecule has 6 nitrogen and oxygen atoms in total. The molecule has 0 radical (unpaired) electrons. The maximum absolute atomic E-state index is 11.5. The minimum atomic E-state index is -0.366. The summed E-state index contributed by atoms with van der Waals surface area (Å²) in [5.41, 5.74) is 8.88. The first-order valence-electron chi connectivity index (χ1n) is 4.29. The predicted octanol–water partition coefficient (Wildman–Crippen LogP) is -0.00798. The van der Waals surface area contributed by atoms with Crippen LogP contribution in [0.1, 0.15) is 23.0 Å². The molecule has 1 aromatic rings. The monoisotopic (exact) mass is 198 g/mol. The Kier molecular flexibility index (Phi) is 3.08. The Hall–Kier alpha value is -1.56. The predicted molar refractivity (Wildman–Crippen MR) is 51.4 cm³/mol. The zero-order valence-electron chi connectivity index (χ0n) is 8.50. The Labute approximate surface area is 82.0 Å². The molecule has 78 valence electrons. The molecule has 1 heterocycles. The highest BCUT2D eigenvalue weighted by molar-refractivity contribution is 5.98. The fourth-order valence-electron chi connectivity index (χ4n) is 1.15. The normalized spacial score (nSPS) is 10.2. The third-order valence-electron chi connectivity index (χ3n) is 1.80. The first kappa shape index (κ1) is 10.5. The van der Waals surface area contributed by atoms with Crippen molar-refractivity contribution < 1.29 is 9.63 Å². The van der Waals surface area contributed by atoms with Gasteiger partial charge in [0.05, 0.1) is 12.3 Å². The quantitative estimate of drug-likeness (QED) is 0.669. The second kappa shape index (κ2) is 4.10. The van der Waals surface area contributed by atoms with Gasteiger partial charge in [-0.1, -0.05) is 0 Å². The summed E-state index contributed by atoms with van der Waals surface area (Å²) in [6, 6.07) is 0. The molecule has 1 rings (SSSR count). The summed E-state index contributed by atoms with van der Waals surface area (Å²) in [6.45, 7) is 3.90. The highest BCUT2D eigenvalue weighted by atomic mass is 16.6. The Morgan fingerprint density at radius 1 is 1.71 bits per heavy atom. The molecule has 0 bridgehead atoms. The third-order valence-corrected chi connectivity index (χ3v) is 1.80. The number of nitrogen functional groups attached to an aromatic ring is 1. The van der Waals surface area contributed by atoms with Crippen LogP contribution in [-0.4, -0.2) is 22.3 Å². The Balaban J connectivity index is 2.89. The largest absolute Gasteiger partial charge is 0.383 e. The van der Waals surface area contributed by atoms with E-state index in [0.29, 0.717) is 23.7 Å². The van der Waals surface area contributed by atoms with E-state index in [4.69, 9.17) is 10.6 Å². The van der Waals surface area contributed by atoms with Gasteiger partial charge >= 0.3 is 0 Å². The molecule has 6 heteroatoms. The van der Waals surface area contributed by atoms with Gasteiger partial charge in [0.1, 0.15) is 11.4 Å². The molecule has 0 spiro atoms. The Bertz CT molecular complexity index is 345. The van der Waals surface area contributed by atoms with Crippen molar-refractivity contribution >= 4 is 11.7 Å². The van der Waals surface area contributed by atoms with Crippen LogP contribution in [0.4, 0.5) is 5.82 Å². The van der Waals surface area contributed by atoms with Crippen LogP contribution in [0.15, 0.2) is 0 Å². The minimum Gasteiger partial charge on any atom is -0.383 e. The van der Waals surface area contributed by atoms with E-state index in [1.165, 1.54) is 4.68 Å². The van der Waals surface area contributed by atoms with Gasteiger partial charge in [0.25, 0.3) is 5.91 Å². The summed E-state index contributed by atoms with van der Waals surface area (Å²) < 4.78 is 1.45. The van der Waals surface area contributed by atoms with Crippen molar-refractivity contribution in [3.8, 4) is 0 Å². The molecular formula is C8H14N4O2. The summed E-state index contributed by atoms with van der Waals surface area (Å²) in [4.78, 5) is 16.3.